The van der Waals surface area contributed by atoms with Crippen molar-refractivity contribution in [3.63, 3.8) is 0 Å². The lowest BCUT2D eigenvalue weighted by Crippen LogP contribution is -2.44. The molecule has 1 aromatic rings. The molecule has 0 aliphatic carbocycles. The molecule has 5 heteroatoms. The molecule has 0 spiro atoms. The predicted octanol–water partition coefficient (Wildman–Crippen LogP) is 1.27. The number of nitrogens with zero attached hydrogens (tertiary/aromatic N) is 4. The van der Waals surface area contributed by atoms with Crippen molar-refractivity contribution in [3.05, 3.63) is 6.20 Å². The Morgan fingerprint density at radius 2 is 2.35 bits per heavy atom. The van der Waals surface area contributed by atoms with Gasteiger partial charge in [-0.15, -0.1) is 5.10 Å². The summed E-state index contributed by atoms with van der Waals surface area (Å²) in [4.78, 5) is 2.37. The molecule has 0 saturated carbocycles. The first-order chi connectivity index (χ1) is 8.35. The number of aromatic nitrogens is 3. The van der Waals surface area contributed by atoms with E-state index in [1.54, 1.807) is 0 Å². The van der Waals surface area contributed by atoms with Gasteiger partial charge in [0.05, 0.1) is 6.20 Å². The van der Waals surface area contributed by atoms with E-state index >= 15 is 0 Å². The van der Waals surface area contributed by atoms with E-state index in [1.807, 2.05) is 10.9 Å². The number of piperidine rings is 1. The fourth-order valence-corrected chi connectivity index (χ4v) is 2.45. The summed E-state index contributed by atoms with van der Waals surface area (Å²) in [6.07, 6.45) is 5.82. The summed E-state index contributed by atoms with van der Waals surface area (Å²) < 4.78 is 1.96. The van der Waals surface area contributed by atoms with Gasteiger partial charge in [-0.05, 0) is 33.2 Å². The number of nitrogens with one attached hydrogen (secondary N) is 1. The smallest absolute Gasteiger partial charge is 0.147 e. The monoisotopic (exact) mass is 237 g/mol. The summed E-state index contributed by atoms with van der Waals surface area (Å²) in [7, 11) is 0. The van der Waals surface area contributed by atoms with Crippen LogP contribution in [0, 0.1) is 0 Å². The third-order valence-corrected chi connectivity index (χ3v) is 3.46. The minimum absolute atomic E-state index is 0.615. The average molecular weight is 237 g/mol. The highest BCUT2D eigenvalue weighted by molar-refractivity contribution is 5.36. The van der Waals surface area contributed by atoms with Crippen molar-refractivity contribution in [2.45, 2.75) is 45.7 Å². The number of hydrogen-bond acceptors (Lipinski definition) is 4. The minimum Gasteiger partial charge on any atom is -0.354 e. The fourth-order valence-electron chi connectivity index (χ4n) is 2.45. The SMILES string of the molecule is CCN(CC1CCCCN1)c1cnnn1CC. The van der Waals surface area contributed by atoms with Crippen LogP contribution in [0.4, 0.5) is 5.82 Å². The molecule has 1 aromatic heterocycles. The molecule has 1 unspecified atom stereocenters. The molecular formula is C12H23N5. The maximum atomic E-state index is 4.10. The van der Waals surface area contributed by atoms with Crippen molar-refractivity contribution in [3.8, 4) is 0 Å². The highest BCUT2D eigenvalue weighted by Crippen LogP contribution is 2.15. The number of anilines is 1. The van der Waals surface area contributed by atoms with Gasteiger partial charge in [0.15, 0.2) is 0 Å². The van der Waals surface area contributed by atoms with Crippen molar-refractivity contribution in [2.24, 2.45) is 0 Å². The zero-order valence-electron chi connectivity index (χ0n) is 10.9. The molecule has 1 atom stereocenters. The molecule has 17 heavy (non-hydrogen) atoms. The molecule has 2 rings (SSSR count). The maximum Gasteiger partial charge on any atom is 0.147 e. The van der Waals surface area contributed by atoms with Crippen molar-refractivity contribution in [1.82, 2.24) is 20.3 Å². The molecule has 0 bridgehead atoms. The van der Waals surface area contributed by atoms with Crippen LogP contribution in [-0.4, -0.2) is 40.7 Å². The molecule has 1 saturated heterocycles. The lowest BCUT2D eigenvalue weighted by molar-refractivity contribution is 0.398. The van der Waals surface area contributed by atoms with Crippen LogP contribution in [0.25, 0.3) is 0 Å². The topological polar surface area (TPSA) is 46.0 Å². The first-order valence-corrected chi connectivity index (χ1v) is 6.72. The summed E-state index contributed by atoms with van der Waals surface area (Å²) in [5.74, 6) is 1.14. The quantitative estimate of drug-likeness (QED) is 0.837. The van der Waals surface area contributed by atoms with E-state index < -0.39 is 0 Å². The largest absolute Gasteiger partial charge is 0.354 e. The van der Waals surface area contributed by atoms with Crippen LogP contribution >= 0.6 is 0 Å². The molecule has 0 aromatic carbocycles. The first kappa shape index (κ1) is 12.4. The van der Waals surface area contributed by atoms with Crippen LogP contribution in [-0.2, 0) is 6.54 Å². The molecule has 96 valence electrons. The second-order valence-electron chi connectivity index (χ2n) is 4.59. The lowest BCUT2D eigenvalue weighted by Gasteiger charge is -2.30. The van der Waals surface area contributed by atoms with Gasteiger partial charge in [0.2, 0.25) is 0 Å². The summed E-state index contributed by atoms with van der Waals surface area (Å²) in [5, 5.41) is 11.7. The molecule has 1 aliphatic rings. The van der Waals surface area contributed by atoms with Gasteiger partial charge in [-0.3, -0.25) is 0 Å². The Morgan fingerprint density at radius 3 is 3.00 bits per heavy atom. The molecule has 0 radical (unpaired) electrons. The standard InChI is InChI=1S/C12H23N5/c1-3-16(10-11-7-5-6-8-13-11)12-9-14-15-17(12)4-2/h9,11,13H,3-8,10H2,1-2H3. The van der Waals surface area contributed by atoms with Gasteiger partial charge in [0, 0.05) is 25.7 Å². The Kier molecular flexibility index (Phi) is 4.36. The molecule has 0 amide bonds. The third-order valence-electron chi connectivity index (χ3n) is 3.46. The number of rotatable bonds is 5. The van der Waals surface area contributed by atoms with Gasteiger partial charge >= 0.3 is 0 Å². The Balaban J connectivity index is 2.00. The minimum atomic E-state index is 0.615. The second-order valence-corrected chi connectivity index (χ2v) is 4.59. The van der Waals surface area contributed by atoms with Gasteiger partial charge in [-0.25, -0.2) is 4.68 Å². The van der Waals surface area contributed by atoms with Crippen molar-refractivity contribution >= 4 is 5.82 Å². The first-order valence-electron chi connectivity index (χ1n) is 6.72. The number of likely N-dealkylation sites (N-methyl/N-ethyl adjacent to an activating group) is 1. The second kappa shape index (κ2) is 6.00. The highest BCUT2D eigenvalue weighted by atomic mass is 15.5. The number of hydrogen-bond donors (Lipinski definition) is 1. The predicted molar refractivity (Wildman–Crippen MR) is 69.2 cm³/mol. The summed E-state index contributed by atoms with van der Waals surface area (Å²) in [6, 6.07) is 0.615. The van der Waals surface area contributed by atoms with E-state index in [0.717, 1.165) is 32.0 Å². The Labute approximate surface area is 103 Å². The molecule has 1 N–H and O–H groups in total. The van der Waals surface area contributed by atoms with Gasteiger partial charge < -0.3 is 10.2 Å². The lowest BCUT2D eigenvalue weighted by atomic mass is 10.0. The fraction of sp³-hybridized carbons (Fsp3) is 0.833. The maximum absolute atomic E-state index is 4.10. The third kappa shape index (κ3) is 2.97. The average Bonchev–Trinajstić information content (AvgIpc) is 2.85. The van der Waals surface area contributed by atoms with Crippen LogP contribution in [0.15, 0.2) is 6.20 Å². The van der Waals surface area contributed by atoms with E-state index in [9.17, 15) is 0 Å². The highest BCUT2D eigenvalue weighted by Gasteiger charge is 2.18. The zero-order chi connectivity index (χ0) is 12.1. The van der Waals surface area contributed by atoms with Gasteiger partial charge in [0.25, 0.3) is 0 Å². The van der Waals surface area contributed by atoms with E-state index in [0.29, 0.717) is 6.04 Å². The molecule has 1 aliphatic heterocycles. The van der Waals surface area contributed by atoms with Gasteiger partial charge in [-0.1, -0.05) is 11.6 Å². The van der Waals surface area contributed by atoms with Crippen molar-refractivity contribution in [2.75, 3.05) is 24.5 Å². The van der Waals surface area contributed by atoms with E-state index in [1.165, 1.54) is 19.3 Å². The number of aryl methyl sites for hydroxylation is 1. The van der Waals surface area contributed by atoms with Crippen LogP contribution in [0.1, 0.15) is 33.1 Å². The Morgan fingerprint density at radius 1 is 1.47 bits per heavy atom. The Bertz CT molecular complexity index is 329. The molecular weight excluding hydrogens is 214 g/mol. The van der Waals surface area contributed by atoms with E-state index in [4.69, 9.17) is 0 Å². The summed E-state index contributed by atoms with van der Waals surface area (Å²) in [6.45, 7) is 8.40. The van der Waals surface area contributed by atoms with Crippen LogP contribution in [0.5, 0.6) is 0 Å². The van der Waals surface area contributed by atoms with Crippen LogP contribution in [0.3, 0.4) is 0 Å². The van der Waals surface area contributed by atoms with Crippen LogP contribution < -0.4 is 10.2 Å². The summed E-state index contributed by atoms with van der Waals surface area (Å²) in [5.41, 5.74) is 0. The normalized spacial score (nSPS) is 20.5. The summed E-state index contributed by atoms with van der Waals surface area (Å²) >= 11 is 0. The molecule has 1 fully saturated rings. The van der Waals surface area contributed by atoms with Crippen molar-refractivity contribution in [1.29, 1.82) is 0 Å². The Hall–Kier alpha value is -1.10. The van der Waals surface area contributed by atoms with E-state index in [2.05, 4.69) is 34.4 Å². The molecule has 5 nitrogen and oxygen atoms in total. The van der Waals surface area contributed by atoms with Gasteiger partial charge in [0.1, 0.15) is 5.82 Å². The van der Waals surface area contributed by atoms with Crippen molar-refractivity contribution < 1.29 is 0 Å². The van der Waals surface area contributed by atoms with Crippen LogP contribution in [0.2, 0.25) is 0 Å². The van der Waals surface area contributed by atoms with E-state index in [-0.39, 0.29) is 0 Å². The zero-order valence-corrected chi connectivity index (χ0v) is 10.9. The van der Waals surface area contributed by atoms with Gasteiger partial charge in [-0.2, -0.15) is 0 Å². The molecule has 2 heterocycles.